The molecule has 2 aromatic carbocycles. The van der Waals surface area contributed by atoms with Crippen molar-refractivity contribution in [2.45, 2.75) is 11.8 Å². The highest BCUT2D eigenvalue weighted by Gasteiger charge is 2.22. The predicted octanol–water partition coefficient (Wildman–Crippen LogP) is 3.51. The molecule has 1 aliphatic heterocycles. The van der Waals surface area contributed by atoms with Gasteiger partial charge in [-0.3, -0.25) is 9.59 Å². The third-order valence-electron chi connectivity index (χ3n) is 4.85. The molecule has 0 saturated carbocycles. The molecule has 0 radical (unpaired) electrons. The lowest BCUT2D eigenvalue weighted by molar-refractivity contribution is -0.136. The average Bonchev–Trinajstić information content (AvgIpc) is 3.05. The number of hydrogen-bond donors (Lipinski definition) is 0. The predicted molar refractivity (Wildman–Crippen MR) is 103 cm³/mol. The Labute approximate surface area is 160 Å². The van der Waals surface area contributed by atoms with E-state index < -0.39 is 5.82 Å². The maximum Gasteiger partial charge on any atom is 0.233 e. The van der Waals surface area contributed by atoms with E-state index in [-0.39, 0.29) is 23.2 Å². The summed E-state index contributed by atoms with van der Waals surface area (Å²) in [6, 6.07) is 10.7. The van der Waals surface area contributed by atoms with Gasteiger partial charge in [0.25, 0.3) is 0 Å². The summed E-state index contributed by atoms with van der Waals surface area (Å²) < 4.78 is 20.0. The number of hydrogen-bond acceptors (Lipinski definition) is 4. The van der Waals surface area contributed by atoms with Gasteiger partial charge in [0.1, 0.15) is 5.58 Å². The Kier molecular flexibility index (Phi) is 4.78. The molecule has 0 spiro atoms. The summed E-state index contributed by atoms with van der Waals surface area (Å²) in [6.07, 6.45) is 0. The number of amides is 2. The van der Waals surface area contributed by atoms with E-state index >= 15 is 0 Å². The van der Waals surface area contributed by atoms with Crippen LogP contribution < -0.4 is 0 Å². The van der Waals surface area contributed by atoms with Crippen LogP contribution in [0.1, 0.15) is 6.92 Å². The van der Waals surface area contributed by atoms with Gasteiger partial charge in [0.05, 0.1) is 5.75 Å². The van der Waals surface area contributed by atoms with Crippen LogP contribution in [0, 0.1) is 5.82 Å². The molecule has 3 aromatic rings. The number of benzene rings is 2. The second-order valence-electron chi connectivity index (χ2n) is 6.56. The highest BCUT2D eigenvalue weighted by atomic mass is 32.2. The summed E-state index contributed by atoms with van der Waals surface area (Å²) in [5.74, 6) is -0.150. The number of nitrogens with zero attached hydrogens (tertiary/aromatic N) is 2. The molecule has 0 unspecified atom stereocenters. The highest BCUT2D eigenvalue weighted by molar-refractivity contribution is 8.00. The fraction of sp³-hybridized carbons (Fsp3) is 0.300. The molecule has 0 bridgehead atoms. The van der Waals surface area contributed by atoms with Crippen LogP contribution in [0.4, 0.5) is 4.39 Å². The van der Waals surface area contributed by atoms with Crippen molar-refractivity contribution in [1.82, 2.24) is 9.80 Å². The Balaban J connectivity index is 1.47. The summed E-state index contributed by atoms with van der Waals surface area (Å²) in [4.78, 5) is 28.0. The third kappa shape index (κ3) is 3.51. The van der Waals surface area contributed by atoms with E-state index in [1.807, 2.05) is 30.3 Å². The summed E-state index contributed by atoms with van der Waals surface area (Å²) in [5.41, 5.74) is 0.889. The van der Waals surface area contributed by atoms with Crippen LogP contribution in [0.5, 0.6) is 0 Å². The second kappa shape index (κ2) is 7.23. The van der Waals surface area contributed by atoms with Crippen molar-refractivity contribution in [2.75, 3.05) is 31.9 Å². The number of furan rings is 1. The summed E-state index contributed by atoms with van der Waals surface area (Å²) in [6.45, 7) is 3.75. The van der Waals surface area contributed by atoms with E-state index in [1.165, 1.54) is 24.8 Å². The third-order valence-corrected chi connectivity index (χ3v) is 5.81. The minimum Gasteiger partial charge on any atom is -0.453 e. The fourth-order valence-corrected chi connectivity index (χ4v) is 4.21. The molecule has 27 heavy (non-hydrogen) atoms. The van der Waals surface area contributed by atoms with Crippen LogP contribution in [0.2, 0.25) is 0 Å². The molecular formula is C20H19FN2O3S. The lowest BCUT2D eigenvalue weighted by Gasteiger charge is -2.34. The normalized spacial score (nSPS) is 14.9. The smallest absolute Gasteiger partial charge is 0.233 e. The molecule has 1 saturated heterocycles. The molecule has 1 fully saturated rings. The number of thioether (sulfide) groups is 1. The summed E-state index contributed by atoms with van der Waals surface area (Å²) >= 11 is 1.32. The van der Waals surface area contributed by atoms with Crippen LogP contribution in [-0.2, 0) is 9.59 Å². The van der Waals surface area contributed by atoms with E-state index in [0.29, 0.717) is 36.7 Å². The van der Waals surface area contributed by atoms with Gasteiger partial charge in [-0.15, -0.1) is 11.8 Å². The standard InChI is InChI=1S/C20H19FN2O3S/c1-13(24)22-6-8-23(9-7-22)19(25)12-27-14-10-16-15-4-2-3-5-18(15)26-20(16)17(21)11-14/h2-5,10-11H,6-9,12H2,1H3. The molecule has 2 heterocycles. The van der Waals surface area contributed by atoms with Crippen LogP contribution in [0.15, 0.2) is 45.7 Å². The van der Waals surface area contributed by atoms with Gasteiger partial charge >= 0.3 is 0 Å². The molecule has 140 valence electrons. The summed E-state index contributed by atoms with van der Waals surface area (Å²) in [7, 11) is 0. The van der Waals surface area contributed by atoms with Gasteiger partial charge < -0.3 is 14.2 Å². The highest BCUT2D eigenvalue weighted by Crippen LogP contribution is 2.34. The molecule has 0 N–H and O–H groups in total. The number of rotatable bonds is 3. The lowest BCUT2D eigenvalue weighted by Crippen LogP contribution is -2.50. The number of fused-ring (bicyclic) bond motifs is 3. The van der Waals surface area contributed by atoms with Crippen molar-refractivity contribution in [1.29, 1.82) is 0 Å². The van der Waals surface area contributed by atoms with E-state index in [9.17, 15) is 14.0 Å². The molecule has 0 aliphatic carbocycles. The maximum atomic E-state index is 14.4. The minimum atomic E-state index is -0.422. The maximum absolute atomic E-state index is 14.4. The van der Waals surface area contributed by atoms with Crippen molar-refractivity contribution >= 4 is 45.5 Å². The number of carbonyl (C=O) groups excluding carboxylic acids is 2. The SMILES string of the molecule is CC(=O)N1CCN(C(=O)CSc2cc(F)c3oc4ccccc4c3c2)CC1. The molecule has 4 rings (SSSR count). The van der Waals surface area contributed by atoms with Gasteiger partial charge in [-0.05, 0) is 18.2 Å². The molecule has 1 aromatic heterocycles. The van der Waals surface area contributed by atoms with Crippen molar-refractivity contribution < 1.29 is 18.4 Å². The van der Waals surface area contributed by atoms with E-state index in [1.54, 1.807) is 9.80 Å². The zero-order valence-electron chi connectivity index (χ0n) is 14.9. The van der Waals surface area contributed by atoms with E-state index in [2.05, 4.69) is 0 Å². The van der Waals surface area contributed by atoms with Crippen LogP contribution in [0.25, 0.3) is 21.9 Å². The monoisotopic (exact) mass is 386 g/mol. The van der Waals surface area contributed by atoms with Gasteiger partial charge in [-0.2, -0.15) is 0 Å². The van der Waals surface area contributed by atoms with E-state index in [4.69, 9.17) is 4.42 Å². The Morgan fingerprint density at radius 3 is 2.52 bits per heavy atom. The van der Waals surface area contributed by atoms with Crippen LogP contribution >= 0.6 is 11.8 Å². The molecule has 5 nitrogen and oxygen atoms in total. The number of carbonyl (C=O) groups is 2. The van der Waals surface area contributed by atoms with Crippen molar-refractivity contribution in [3.63, 3.8) is 0 Å². The van der Waals surface area contributed by atoms with Gasteiger partial charge in [0.2, 0.25) is 11.8 Å². The molecule has 2 amide bonds. The number of piperazine rings is 1. The van der Waals surface area contributed by atoms with Crippen LogP contribution in [-0.4, -0.2) is 53.5 Å². The first kappa shape index (κ1) is 17.9. The van der Waals surface area contributed by atoms with Gasteiger partial charge in [0, 0.05) is 48.8 Å². The first-order valence-electron chi connectivity index (χ1n) is 8.80. The van der Waals surface area contributed by atoms with Gasteiger partial charge in [-0.25, -0.2) is 4.39 Å². The molecular weight excluding hydrogens is 367 g/mol. The average molecular weight is 386 g/mol. The van der Waals surface area contributed by atoms with Crippen molar-refractivity contribution in [2.24, 2.45) is 0 Å². The quantitative estimate of drug-likeness (QED) is 0.647. The number of para-hydroxylation sites is 1. The van der Waals surface area contributed by atoms with E-state index in [0.717, 1.165) is 10.8 Å². The fourth-order valence-electron chi connectivity index (χ4n) is 3.35. The topological polar surface area (TPSA) is 53.8 Å². The Morgan fingerprint density at radius 2 is 1.78 bits per heavy atom. The van der Waals surface area contributed by atoms with Crippen molar-refractivity contribution in [3.05, 3.63) is 42.2 Å². The number of halogens is 1. The zero-order valence-corrected chi connectivity index (χ0v) is 15.7. The largest absolute Gasteiger partial charge is 0.453 e. The van der Waals surface area contributed by atoms with Gasteiger partial charge in [-0.1, -0.05) is 18.2 Å². The molecule has 0 atom stereocenters. The Bertz CT molecular complexity index is 1020. The Morgan fingerprint density at radius 1 is 1.07 bits per heavy atom. The minimum absolute atomic E-state index is 0.000703. The Hall–Kier alpha value is -2.54. The molecule has 7 heteroatoms. The van der Waals surface area contributed by atoms with Crippen molar-refractivity contribution in [3.8, 4) is 0 Å². The molecule has 1 aliphatic rings. The first-order valence-corrected chi connectivity index (χ1v) is 9.78. The zero-order chi connectivity index (χ0) is 19.0. The summed E-state index contributed by atoms with van der Waals surface area (Å²) in [5, 5.41) is 1.58. The van der Waals surface area contributed by atoms with Crippen LogP contribution in [0.3, 0.4) is 0 Å². The van der Waals surface area contributed by atoms with Gasteiger partial charge in [0.15, 0.2) is 11.4 Å². The second-order valence-corrected chi connectivity index (χ2v) is 7.60. The lowest BCUT2D eigenvalue weighted by atomic mass is 10.1. The first-order chi connectivity index (χ1) is 13.0.